The summed E-state index contributed by atoms with van der Waals surface area (Å²) in [6.45, 7) is 7.69. The van der Waals surface area contributed by atoms with Gasteiger partial charge in [0.25, 0.3) is 11.8 Å². The number of aryl methyl sites for hydroxylation is 1. The van der Waals surface area contributed by atoms with Crippen LogP contribution in [-0.4, -0.2) is 28.2 Å². The Kier molecular flexibility index (Phi) is 4.86. The van der Waals surface area contributed by atoms with Crippen LogP contribution >= 0.6 is 0 Å². The van der Waals surface area contributed by atoms with Gasteiger partial charge in [0.05, 0.1) is 11.1 Å². The van der Waals surface area contributed by atoms with Gasteiger partial charge in [-0.25, -0.2) is 9.98 Å². The maximum absolute atomic E-state index is 13.2. The predicted molar refractivity (Wildman–Crippen MR) is 119 cm³/mol. The zero-order valence-corrected chi connectivity index (χ0v) is 17.5. The Bertz CT molecular complexity index is 1180. The monoisotopic (exact) mass is 400 g/mol. The van der Waals surface area contributed by atoms with Crippen LogP contribution in [-0.2, 0) is 4.79 Å². The Hall–Kier alpha value is -3.54. The maximum Gasteiger partial charge on any atom is 0.258 e. The van der Waals surface area contributed by atoms with E-state index in [-0.39, 0.29) is 17.7 Å². The molecule has 152 valence electrons. The number of hydrogen-bond acceptors (Lipinski definition) is 4. The van der Waals surface area contributed by atoms with Crippen LogP contribution < -0.4 is 10.6 Å². The molecule has 0 saturated heterocycles. The summed E-state index contributed by atoms with van der Waals surface area (Å²) in [5.74, 6) is -0.161. The van der Waals surface area contributed by atoms with Crippen molar-refractivity contribution in [1.29, 1.82) is 0 Å². The number of hydrogen-bond donors (Lipinski definition) is 2. The molecule has 1 aromatic heterocycles. The molecule has 2 heterocycles. The first-order valence-electron chi connectivity index (χ1n) is 9.97. The van der Waals surface area contributed by atoms with E-state index in [4.69, 9.17) is 0 Å². The van der Waals surface area contributed by atoms with E-state index in [0.717, 1.165) is 16.5 Å². The average molecular weight is 400 g/mol. The van der Waals surface area contributed by atoms with Crippen LogP contribution in [0.15, 0.2) is 59.6 Å². The molecule has 2 amide bonds. The first kappa shape index (κ1) is 19.8. The fourth-order valence-corrected chi connectivity index (χ4v) is 3.35. The third-order valence-corrected chi connectivity index (χ3v) is 5.66. The van der Waals surface area contributed by atoms with E-state index in [2.05, 4.69) is 20.6 Å². The average Bonchev–Trinajstić information content (AvgIpc) is 3.04. The lowest BCUT2D eigenvalue weighted by atomic mass is 9.89. The van der Waals surface area contributed by atoms with Gasteiger partial charge < -0.3 is 10.6 Å². The number of amides is 2. The van der Waals surface area contributed by atoms with Gasteiger partial charge >= 0.3 is 0 Å². The summed E-state index contributed by atoms with van der Waals surface area (Å²) in [4.78, 5) is 35.2. The van der Waals surface area contributed by atoms with Crippen LogP contribution in [0, 0.1) is 12.8 Å². The molecule has 0 spiro atoms. The molecule has 6 nitrogen and oxygen atoms in total. The fraction of sp³-hybridized carbons (Fsp3) is 0.250. The minimum Gasteiger partial charge on any atom is -0.322 e. The van der Waals surface area contributed by atoms with Crippen molar-refractivity contribution in [2.75, 3.05) is 5.32 Å². The lowest BCUT2D eigenvalue weighted by molar-refractivity contribution is -0.124. The van der Waals surface area contributed by atoms with Gasteiger partial charge in [-0.1, -0.05) is 49.7 Å². The number of aromatic nitrogens is 1. The van der Waals surface area contributed by atoms with Crippen LogP contribution in [0.3, 0.4) is 0 Å². The SMILES string of the molecule is Cc1ccc(NC(=O)c2cc3ccccc3nc2C2=N[C@](C)(C(C)C)C(=O)N2)cc1. The number of carbonyl (C=O) groups excluding carboxylic acids is 2. The molecule has 0 fully saturated rings. The zero-order valence-electron chi connectivity index (χ0n) is 17.5. The summed E-state index contributed by atoms with van der Waals surface area (Å²) in [6.07, 6.45) is 0. The van der Waals surface area contributed by atoms with E-state index in [1.54, 1.807) is 13.0 Å². The molecule has 0 saturated carbocycles. The molecule has 1 aliphatic heterocycles. The lowest BCUT2D eigenvalue weighted by Crippen LogP contribution is -2.41. The largest absolute Gasteiger partial charge is 0.322 e. The Morgan fingerprint density at radius 1 is 1.10 bits per heavy atom. The second kappa shape index (κ2) is 7.37. The molecule has 2 aromatic carbocycles. The number of nitrogens with one attached hydrogen (secondary N) is 2. The Morgan fingerprint density at radius 3 is 2.47 bits per heavy atom. The standard InChI is InChI=1S/C24H24N4O2/c1-14(2)24(4)23(30)27-21(28-24)20-18(13-16-7-5-6-8-19(16)26-20)22(29)25-17-11-9-15(3)10-12-17/h5-14H,1-4H3,(H,25,29)(H,27,28,30)/t24-/m1/s1. The van der Waals surface area contributed by atoms with Crippen molar-refractivity contribution in [2.24, 2.45) is 10.9 Å². The molecular formula is C24H24N4O2. The predicted octanol–water partition coefficient (Wildman–Crippen LogP) is 4.09. The number of fused-ring (bicyclic) bond motifs is 1. The molecule has 30 heavy (non-hydrogen) atoms. The topological polar surface area (TPSA) is 83.5 Å². The van der Waals surface area contributed by atoms with Crippen LogP contribution in [0.1, 0.15) is 42.4 Å². The van der Waals surface area contributed by atoms with Gasteiger partial charge in [0.15, 0.2) is 5.84 Å². The van der Waals surface area contributed by atoms with Gasteiger partial charge in [-0.15, -0.1) is 0 Å². The van der Waals surface area contributed by atoms with Crippen molar-refractivity contribution >= 4 is 34.2 Å². The van der Waals surface area contributed by atoms with Crippen molar-refractivity contribution in [2.45, 2.75) is 33.2 Å². The highest BCUT2D eigenvalue weighted by atomic mass is 16.2. The van der Waals surface area contributed by atoms with Crippen molar-refractivity contribution < 1.29 is 9.59 Å². The molecule has 0 aliphatic carbocycles. The van der Waals surface area contributed by atoms with E-state index in [1.165, 1.54) is 0 Å². The van der Waals surface area contributed by atoms with Crippen LogP contribution in [0.25, 0.3) is 10.9 Å². The van der Waals surface area contributed by atoms with Crippen molar-refractivity contribution in [3.8, 4) is 0 Å². The van der Waals surface area contributed by atoms with Gasteiger partial charge in [0.1, 0.15) is 11.2 Å². The molecular weight excluding hydrogens is 376 g/mol. The van der Waals surface area contributed by atoms with Crippen LogP contribution in [0.2, 0.25) is 0 Å². The summed E-state index contributed by atoms with van der Waals surface area (Å²) >= 11 is 0. The maximum atomic E-state index is 13.2. The van der Waals surface area contributed by atoms with E-state index < -0.39 is 5.54 Å². The third-order valence-electron chi connectivity index (χ3n) is 5.66. The zero-order chi connectivity index (χ0) is 21.5. The molecule has 4 rings (SSSR count). The Morgan fingerprint density at radius 2 is 1.80 bits per heavy atom. The van der Waals surface area contributed by atoms with Gasteiger partial charge in [0, 0.05) is 11.1 Å². The van der Waals surface area contributed by atoms with E-state index in [9.17, 15) is 9.59 Å². The summed E-state index contributed by atoms with van der Waals surface area (Å²) in [5, 5.41) is 6.60. The number of amidine groups is 1. The summed E-state index contributed by atoms with van der Waals surface area (Å²) in [7, 11) is 0. The second-order valence-corrected chi connectivity index (χ2v) is 8.11. The quantitative estimate of drug-likeness (QED) is 0.692. The van der Waals surface area contributed by atoms with E-state index >= 15 is 0 Å². The molecule has 2 N–H and O–H groups in total. The fourth-order valence-electron chi connectivity index (χ4n) is 3.35. The summed E-state index contributed by atoms with van der Waals surface area (Å²) in [5.41, 5.74) is 2.37. The molecule has 0 unspecified atom stereocenters. The molecule has 1 atom stereocenters. The lowest BCUT2D eigenvalue weighted by Gasteiger charge is -2.21. The highest BCUT2D eigenvalue weighted by molar-refractivity contribution is 6.20. The van der Waals surface area contributed by atoms with Crippen LogP contribution in [0.4, 0.5) is 5.69 Å². The van der Waals surface area contributed by atoms with Crippen molar-refractivity contribution in [3.05, 3.63) is 71.4 Å². The van der Waals surface area contributed by atoms with Gasteiger partial charge in [-0.2, -0.15) is 0 Å². The first-order valence-corrected chi connectivity index (χ1v) is 9.97. The number of nitrogens with zero attached hydrogens (tertiary/aromatic N) is 2. The molecule has 0 radical (unpaired) electrons. The number of rotatable bonds is 4. The van der Waals surface area contributed by atoms with Crippen LogP contribution in [0.5, 0.6) is 0 Å². The number of pyridine rings is 1. The van der Waals surface area contributed by atoms with Gasteiger partial charge in [0.2, 0.25) is 0 Å². The van der Waals surface area contributed by atoms with Crippen molar-refractivity contribution in [3.63, 3.8) is 0 Å². The highest BCUT2D eigenvalue weighted by Crippen LogP contribution is 2.28. The number of benzene rings is 2. The normalized spacial score (nSPS) is 18.4. The highest BCUT2D eigenvalue weighted by Gasteiger charge is 2.43. The number of anilines is 1. The van der Waals surface area contributed by atoms with E-state index in [1.807, 2.05) is 69.3 Å². The second-order valence-electron chi connectivity index (χ2n) is 8.11. The summed E-state index contributed by atoms with van der Waals surface area (Å²) < 4.78 is 0. The molecule has 0 bridgehead atoms. The Labute approximate surface area is 175 Å². The minimum atomic E-state index is -0.895. The number of carbonyl (C=O) groups is 2. The first-order chi connectivity index (χ1) is 14.3. The molecule has 6 heteroatoms. The minimum absolute atomic E-state index is 0.000270. The van der Waals surface area contributed by atoms with Gasteiger partial charge in [-0.3, -0.25) is 9.59 Å². The van der Waals surface area contributed by atoms with Gasteiger partial charge in [-0.05, 0) is 44.0 Å². The third kappa shape index (κ3) is 3.45. The molecule has 1 aliphatic rings. The van der Waals surface area contributed by atoms with E-state index in [0.29, 0.717) is 22.8 Å². The smallest absolute Gasteiger partial charge is 0.258 e. The summed E-state index contributed by atoms with van der Waals surface area (Å²) in [6, 6.07) is 16.9. The number of para-hydroxylation sites is 1. The Balaban J connectivity index is 1.81. The van der Waals surface area contributed by atoms with Crippen molar-refractivity contribution in [1.82, 2.24) is 10.3 Å². The number of aliphatic imine (C=N–C) groups is 1. The molecule has 3 aromatic rings.